The van der Waals surface area contributed by atoms with E-state index in [1.165, 1.54) is 40.3 Å². The number of benzene rings is 4. The minimum Gasteiger partial charge on any atom is -0.166 e. The first-order chi connectivity index (χ1) is 18.6. The molecule has 0 heterocycles. The second kappa shape index (κ2) is 12.7. The summed E-state index contributed by atoms with van der Waals surface area (Å²) in [7, 11) is 0. The highest BCUT2D eigenvalue weighted by Crippen LogP contribution is 2.46. The molecule has 1 radical (unpaired) electrons. The average Bonchev–Trinajstić information content (AvgIpc) is 2.95. The Balaban J connectivity index is 1.80. The molecule has 0 bridgehead atoms. The predicted octanol–water partition coefficient (Wildman–Crippen LogP) is 10.9. The first-order valence-corrected chi connectivity index (χ1v) is 13.9. The van der Waals surface area contributed by atoms with E-state index in [0.29, 0.717) is 11.8 Å². The molecule has 203 valence electrons. The lowest BCUT2D eigenvalue weighted by atomic mass is 9.69. The molecule has 0 fully saturated rings. The van der Waals surface area contributed by atoms with Crippen molar-refractivity contribution in [3.8, 4) is 0 Å². The molecule has 39 heavy (non-hydrogen) atoms. The Kier molecular flexibility index (Phi) is 9.32. The van der Waals surface area contributed by atoms with E-state index in [1.807, 2.05) is 24.3 Å². The highest BCUT2D eigenvalue weighted by atomic mass is 19.4. The standard InChI is InChI=1S/C36H38F3/c1-25(2)31-16-11-17-32(24-31)34(23-18-26(3)28-12-7-5-8-13-28)35(27(4)29-14-9-6-10-15-29)30-19-21-33(22-20-30)36(37,38)39/h5-17,19-22,24-27,35H,18,23H2,1-4H3. The quantitative estimate of drug-likeness (QED) is 0.192. The number of rotatable bonds is 10. The normalized spacial score (nSPS) is 14.4. The molecule has 0 aliphatic heterocycles. The number of alkyl halides is 3. The fourth-order valence-corrected chi connectivity index (χ4v) is 5.52. The number of hydrogen-bond donors (Lipinski definition) is 0. The number of halogens is 3. The first-order valence-electron chi connectivity index (χ1n) is 13.9. The minimum atomic E-state index is -4.36. The topological polar surface area (TPSA) is 0 Å². The van der Waals surface area contributed by atoms with E-state index in [0.717, 1.165) is 18.4 Å². The monoisotopic (exact) mass is 527 g/mol. The Labute approximate surface area is 231 Å². The lowest BCUT2D eigenvalue weighted by Gasteiger charge is -2.34. The van der Waals surface area contributed by atoms with Crippen molar-refractivity contribution < 1.29 is 13.2 Å². The van der Waals surface area contributed by atoms with E-state index in [-0.39, 0.29) is 11.8 Å². The molecule has 4 aromatic carbocycles. The maximum Gasteiger partial charge on any atom is 0.416 e. The van der Waals surface area contributed by atoms with Crippen molar-refractivity contribution in [1.29, 1.82) is 0 Å². The summed E-state index contributed by atoms with van der Waals surface area (Å²) >= 11 is 0. The molecule has 0 aromatic heterocycles. The maximum atomic E-state index is 13.5. The van der Waals surface area contributed by atoms with Gasteiger partial charge in [0.05, 0.1) is 5.56 Å². The van der Waals surface area contributed by atoms with Crippen molar-refractivity contribution in [2.24, 2.45) is 0 Å². The van der Waals surface area contributed by atoms with E-state index < -0.39 is 11.7 Å². The van der Waals surface area contributed by atoms with Crippen LogP contribution in [0.1, 0.15) is 97.6 Å². The van der Waals surface area contributed by atoms with Crippen LogP contribution in [0.4, 0.5) is 13.2 Å². The van der Waals surface area contributed by atoms with Crippen LogP contribution >= 0.6 is 0 Å². The Morgan fingerprint density at radius 1 is 0.615 bits per heavy atom. The summed E-state index contributed by atoms with van der Waals surface area (Å²) in [6.07, 6.45) is -2.56. The summed E-state index contributed by atoms with van der Waals surface area (Å²) in [6, 6.07) is 35.4. The molecule has 0 nitrogen and oxygen atoms in total. The van der Waals surface area contributed by atoms with E-state index in [9.17, 15) is 13.2 Å². The molecule has 4 aromatic rings. The summed E-state index contributed by atoms with van der Waals surface area (Å²) in [5.41, 5.74) is 5.22. The van der Waals surface area contributed by atoms with Crippen LogP contribution in [-0.4, -0.2) is 0 Å². The summed E-state index contributed by atoms with van der Waals surface area (Å²) in [6.45, 7) is 8.84. The fraction of sp³-hybridized carbons (Fsp3) is 0.306. The molecule has 0 N–H and O–H groups in total. The van der Waals surface area contributed by atoms with Gasteiger partial charge in [0.25, 0.3) is 0 Å². The van der Waals surface area contributed by atoms with E-state index in [1.54, 1.807) is 12.1 Å². The third-order valence-corrected chi connectivity index (χ3v) is 7.94. The average molecular weight is 528 g/mol. The largest absolute Gasteiger partial charge is 0.416 e. The highest BCUT2D eigenvalue weighted by molar-refractivity contribution is 5.45. The smallest absolute Gasteiger partial charge is 0.166 e. The van der Waals surface area contributed by atoms with Crippen LogP contribution < -0.4 is 0 Å². The molecule has 3 unspecified atom stereocenters. The van der Waals surface area contributed by atoms with Crippen LogP contribution in [0.3, 0.4) is 0 Å². The van der Waals surface area contributed by atoms with Gasteiger partial charge in [0, 0.05) is 11.8 Å². The lowest BCUT2D eigenvalue weighted by molar-refractivity contribution is -0.137. The van der Waals surface area contributed by atoms with Crippen molar-refractivity contribution in [3.05, 3.63) is 148 Å². The molecule has 0 amide bonds. The van der Waals surface area contributed by atoms with Crippen molar-refractivity contribution >= 4 is 0 Å². The van der Waals surface area contributed by atoms with Crippen LogP contribution in [-0.2, 0) is 6.18 Å². The Morgan fingerprint density at radius 2 is 1.18 bits per heavy atom. The second-order valence-corrected chi connectivity index (χ2v) is 11.0. The van der Waals surface area contributed by atoms with E-state index in [2.05, 4.69) is 88.4 Å². The zero-order valence-corrected chi connectivity index (χ0v) is 23.2. The predicted molar refractivity (Wildman–Crippen MR) is 156 cm³/mol. The molecule has 0 saturated heterocycles. The second-order valence-electron chi connectivity index (χ2n) is 11.0. The van der Waals surface area contributed by atoms with Gasteiger partial charge in [-0.25, -0.2) is 0 Å². The van der Waals surface area contributed by atoms with Crippen LogP contribution in [0.2, 0.25) is 0 Å². The van der Waals surface area contributed by atoms with Crippen molar-refractivity contribution in [2.75, 3.05) is 0 Å². The third-order valence-electron chi connectivity index (χ3n) is 7.94. The molecular formula is C36H38F3. The van der Waals surface area contributed by atoms with Gasteiger partial charge in [-0.15, -0.1) is 0 Å². The molecule has 0 aliphatic rings. The summed E-state index contributed by atoms with van der Waals surface area (Å²) in [5, 5.41) is 0. The summed E-state index contributed by atoms with van der Waals surface area (Å²) in [4.78, 5) is 0. The van der Waals surface area contributed by atoms with Crippen molar-refractivity contribution in [1.82, 2.24) is 0 Å². The molecular weight excluding hydrogens is 489 g/mol. The van der Waals surface area contributed by atoms with Gasteiger partial charge in [0.15, 0.2) is 0 Å². The molecule has 0 aliphatic carbocycles. The molecule has 0 spiro atoms. The van der Waals surface area contributed by atoms with Crippen LogP contribution in [0.5, 0.6) is 0 Å². The maximum absolute atomic E-state index is 13.5. The van der Waals surface area contributed by atoms with Gasteiger partial charge in [-0.05, 0) is 70.5 Å². The minimum absolute atomic E-state index is 0.0694. The van der Waals surface area contributed by atoms with Gasteiger partial charge in [-0.1, -0.05) is 125 Å². The lowest BCUT2D eigenvalue weighted by Crippen LogP contribution is -2.20. The SMILES string of the molecule is CC(C)c1cccc([C](CCC(C)c2ccccc2)C(c2ccc(C(F)(F)F)cc2)C(C)c2ccccc2)c1. The van der Waals surface area contributed by atoms with Crippen LogP contribution in [0.15, 0.2) is 109 Å². The Morgan fingerprint density at radius 3 is 1.74 bits per heavy atom. The van der Waals surface area contributed by atoms with E-state index in [4.69, 9.17) is 0 Å². The van der Waals surface area contributed by atoms with Crippen molar-refractivity contribution in [3.63, 3.8) is 0 Å². The summed E-state index contributed by atoms with van der Waals surface area (Å²) < 4.78 is 40.4. The zero-order chi connectivity index (χ0) is 28.0. The Bertz CT molecular complexity index is 1290. The molecule has 4 rings (SSSR count). The molecule has 3 atom stereocenters. The van der Waals surface area contributed by atoms with E-state index >= 15 is 0 Å². The van der Waals surface area contributed by atoms with Gasteiger partial charge >= 0.3 is 6.18 Å². The zero-order valence-electron chi connectivity index (χ0n) is 23.2. The van der Waals surface area contributed by atoms with Gasteiger partial charge < -0.3 is 0 Å². The van der Waals surface area contributed by atoms with Crippen LogP contribution in [0.25, 0.3) is 0 Å². The Hall–Kier alpha value is -3.33. The fourth-order valence-electron chi connectivity index (χ4n) is 5.52. The van der Waals surface area contributed by atoms with Gasteiger partial charge in [-0.3, -0.25) is 0 Å². The van der Waals surface area contributed by atoms with Gasteiger partial charge in [0.1, 0.15) is 0 Å². The molecule has 0 saturated carbocycles. The van der Waals surface area contributed by atoms with Gasteiger partial charge in [0.2, 0.25) is 0 Å². The van der Waals surface area contributed by atoms with Gasteiger partial charge in [-0.2, -0.15) is 13.2 Å². The number of hydrogen-bond acceptors (Lipinski definition) is 0. The highest BCUT2D eigenvalue weighted by Gasteiger charge is 2.34. The van der Waals surface area contributed by atoms with Crippen LogP contribution in [0, 0.1) is 5.92 Å². The first kappa shape index (κ1) is 28.7. The molecule has 3 heteroatoms. The summed E-state index contributed by atoms with van der Waals surface area (Å²) in [5.74, 6) is 2.02. The van der Waals surface area contributed by atoms with Crippen molar-refractivity contribution in [2.45, 2.75) is 70.4 Å². The third kappa shape index (κ3) is 7.20.